The molecular weight excluding hydrogens is 318 g/mol. The lowest BCUT2D eigenvalue weighted by atomic mass is 10.0. The number of methoxy groups -OCH3 is 2. The smallest absolute Gasteiger partial charge is 0.237 e. The molecule has 1 aliphatic heterocycles. The van der Waals surface area contributed by atoms with Crippen LogP contribution in [0, 0.1) is 5.92 Å². The number of nitrogens with zero attached hydrogens (tertiary/aromatic N) is 1. The van der Waals surface area contributed by atoms with E-state index in [1.807, 2.05) is 18.2 Å². The van der Waals surface area contributed by atoms with E-state index in [1.54, 1.807) is 14.2 Å². The van der Waals surface area contributed by atoms with Crippen molar-refractivity contribution in [3.8, 4) is 11.5 Å². The Bertz CT molecular complexity index is 555. The van der Waals surface area contributed by atoms with Crippen LogP contribution in [0.3, 0.4) is 0 Å². The maximum Gasteiger partial charge on any atom is 0.237 e. The SMILES string of the molecule is COc1cc(CN2CCC(NC(=O)[C@@H](N)CC(C)C)C2)cc(OC)c1. The second-order valence-electron chi connectivity index (χ2n) is 7.19. The van der Waals surface area contributed by atoms with Crippen LogP contribution in [-0.4, -0.2) is 50.2 Å². The third-order valence-electron chi connectivity index (χ3n) is 4.50. The summed E-state index contributed by atoms with van der Waals surface area (Å²) >= 11 is 0. The van der Waals surface area contributed by atoms with Gasteiger partial charge in [-0.2, -0.15) is 0 Å². The first-order valence-electron chi connectivity index (χ1n) is 8.91. The number of hydrogen-bond donors (Lipinski definition) is 2. The fourth-order valence-electron chi connectivity index (χ4n) is 3.23. The Morgan fingerprint density at radius 3 is 2.48 bits per heavy atom. The number of carbonyl (C=O) groups excluding carboxylic acids is 1. The van der Waals surface area contributed by atoms with E-state index in [2.05, 4.69) is 24.1 Å². The Balaban J connectivity index is 1.87. The second-order valence-corrected chi connectivity index (χ2v) is 7.19. The first-order valence-corrected chi connectivity index (χ1v) is 8.91. The summed E-state index contributed by atoms with van der Waals surface area (Å²) in [6.07, 6.45) is 1.66. The number of nitrogens with two attached hydrogens (primary N) is 1. The van der Waals surface area contributed by atoms with Crippen LogP contribution < -0.4 is 20.5 Å². The third-order valence-corrected chi connectivity index (χ3v) is 4.50. The van der Waals surface area contributed by atoms with Gasteiger partial charge in [0, 0.05) is 31.7 Å². The fourth-order valence-corrected chi connectivity index (χ4v) is 3.23. The van der Waals surface area contributed by atoms with Crippen LogP contribution in [0.4, 0.5) is 0 Å². The van der Waals surface area contributed by atoms with E-state index >= 15 is 0 Å². The van der Waals surface area contributed by atoms with Gasteiger partial charge >= 0.3 is 0 Å². The highest BCUT2D eigenvalue weighted by atomic mass is 16.5. The van der Waals surface area contributed by atoms with Crippen molar-refractivity contribution >= 4 is 5.91 Å². The Labute approximate surface area is 150 Å². The molecule has 0 aromatic heterocycles. The van der Waals surface area contributed by atoms with Gasteiger partial charge in [0.2, 0.25) is 5.91 Å². The van der Waals surface area contributed by atoms with Crippen molar-refractivity contribution in [2.75, 3.05) is 27.3 Å². The minimum Gasteiger partial charge on any atom is -0.497 e. The second kappa shape index (κ2) is 9.06. The molecule has 6 heteroatoms. The zero-order chi connectivity index (χ0) is 18.4. The van der Waals surface area contributed by atoms with Gasteiger partial charge in [0.1, 0.15) is 11.5 Å². The first-order chi connectivity index (χ1) is 11.9. The van der Waals surface area contributed by atoms with Crippen LogP contribution in [0.15, 0.2) is 18.2 Å². The highest BCUT2D eigenvalue weighted by Crippen LogP contribution is 2.24. The molecule has 0 spiro atoms. The molecule has 1 aromatic carbocycles. The molecule has 0 saturated carbocycles. The van der Waals surface area contributed by atoms with Gasteiger partial charge in [0.25, 0.3) is 0 Å². The lowest BCUT2D eigenvalue weighted by Gasteiger charge is -2.20. The van der Waals surface area contributed by atoms with E-state index in [4.69, 9.17) is 15.2 Å². The Morgan fingerprint density at radius 1 is 1.28 bits per heavy atom. The number of rotatable bonds is 8. The molecular formula is C19H31N3O3. The molecule has 3 N–H and O–H groups in total. The lowest BCUT2D eigenvalue weighted by molar-refractivity contribution is -0.123. The largest absolute Gasteiger partial charge is 0.497 e. The molecule has 1 heterocycles. The normalized spacial score (nSPS) is 19.0. The molecule has 1 aromatic rings. The lowest BCUT2D eigenvalue weighted by Crippen LogP contribution is -2.46. The predicted octanol–water partition coefficient (Wildman–Crippen LogP) is 1.77. The summed E-state index contributed by atoms with van der Waals surface area (Å²) in [4.78, 5) is 14.5. The molecule has 6 nitrogen and oxygen atoms in total. The van der Waals surface area contributed by atoms with Crippen molar-refractivity contribution in [2.45, 2.75) is 45.3 Å². The number of hydrogen-bond acceptors (Lipinski definition) is 5. The minimum atomic E-state index is -0.420. The topological polar surface area (TPSA) is 76.8 Å². The van der Waals surface area contributed by atoms with Gasteiger partial charge in [-0.1, -0.05) is 13.8 Å². The van der Waals surface area contributed by atoms with Crippen molar-refractivity contribution in [3.05, 3.63) is 23.8 Å². The Morgan fingerprint density at radius 2 is 1.92 bits per heavy atom. The van der Waals surface area contributed by atoms with E-state index in [0.717, 1.165) is 43.1 Å². The Kier molecular flexibility index (Phi) is 7.08. The van der Waals surface area contributed by atoms with Crippen LogP contribution in [0.25, 0.3) is 0 Å². The summed E-state index contributed by atoms with van der Waals surface area (Å²) < 4.78 is 10.6. The van der Waals surface area contributed by atoms with E-state index in [-0.39, 0.29) is 11.9 Å². The quantitative estimate of drug-likeness (QED) is 0.748. The summed E-state index contributed by atoms with van der Waals surface area (Å²) in [6.45, 7) is 6.74. The molecule has 0 bridgehead atoms. The first kappa shape index (κ1) is 19.5. The molecule has 1 fully saturated rings. The van der Waals surface area contributed by atoms with E-state index < -0.39 is 6.04 Å². The van der Waals surface area contributed by atoms with E-state index in [1.165, 1.54) is 0 Å². The van der Waals surface area contributed by atoms with E-state index in [9.17, 15) is 4.79 Å². The molecule has 2 atom stereocenters. The zero-order valence-electron chi connectivity index (χ0n) is 15.7. The predicted molar refractivity (Wildman–Crippen MR) is 98.8 cm³/mol. The van der Waals surface area contributed by atoms with Crippen molar-refractivity contribution in [1.82, 2.24) is 10.2 Å². The van der Waals surface area contributed by atoms with Crippen LogP contribution in [0.1, 0.15) is 32.3 Å². The van der Waals surface area contributed by atoms with Gasteiger partial charge in [0.15, 0.2) is 0 Å². The highest BCUT2D eigenvalue weighted by molar-refractivity contribution is 5.81. The minimum absolute atomic E-state index is 0.0383. The molecule has 0 aliphatic carbocycles. The summed E-state index contributed by atoms with van der Waals surface area (Å²) in [5.74, 6) is 1.96. The molecule has 1 unspecified atom stereocenters. The van der Waals surface area contributed by atoms with Gasteiger partial charge < -0.3 is 20.5 Å². The van der Waals surface area contributed by atoms with Crippen molar-refractivity contribution in [2.24, 2.45) is 11.7 Å². The van der Waals surface area contributed by atoms with Crippen LogP contribution in [-0.2, 0) is 11.3 Å². The maximum atomic E-state index is 12.2. The standard InChI is InChI=1S/C19H31N3O3/c1-13(2)7-18(20)19(23)21-15-5-6-22(12-15)11-14-8-16(24-3)10-17(9-14)25-4/h8-10,13,15,18H,5-7,11-12,20H2,1-4H3,(H,21,23)/t15?,18-/m0/s1. The molecule has 140 valence electrons. The van der Waals surface area contributed by atoms with Gasteiger partial charge in [-0.25, -0.2) is 0 Å². The summed E-state index contributed by atoms with van der Waals surface area (Å²) in [5.41, 5.74) is 7.10. The molecule has 0 radical (unpaired) electrons. The Hall–Kier alpha value is -1.79. The molecule has 1 saturated heterocycles. The average Bonchev–Trinajstić information content (AvgIpc) is 3.00. The summed E-state index contributed by atoms with van der Waals surface area (Å²) in [6, 6.07) is 5.65. The monoisotopic (exact) mass is 349 g/mol. The number of amides is 1. The number of benzene rings is 1. The fraction of sp³-hybridized carbons (Fsp3) is 0.632. The van der Waals surface area contributed by atoms with Crippen LogP contribution in [0.5, 0.6) is 11.5 Å². The molecule has 1 amide bonds. The molecule has 1 aliphatic rings. The molecule has 25 heavy (non-hydrogen) atoms. The number of nitrogens with one attached hydrogen (secondary N) is 1. The number of carbonyl (C=O) groups is 1. The van der Waals surface area contributed by atoms with Crippen LogP contribution >= 0.6 is 0 Å². The summed E-state index contributed by atoms with van der Waals surface area (Å²) in [7, 11) is 3.31. The van der Waals surface area contributed by atoms with Crippen molar-refractivity contribution in [1.29, 1.82) is 0 Å². The van der Waals surface area contributed by atoms with Gasteiger partial charge in [-0.3, -0.25) is 9.69 Å². The third kappa shape index (κ3) is 5.90. The van der Waals surface area contributed by atoms with Crippen LogP contribution in [0.2, 0.25) is 0 Å². The van der Waals surface area contributed by atoms with Crippen molar-refractivity contribution < 1.29 is 14.3 Å². The summed E-state index contributed by atoms with van der Waals surface area (Å²) in [5, 5.41) is 3.09. The van der Waals surface area contributed by atoms with Gasteiger partial charge in [-0.15, -0.1) is 0 Å². The van der Waals surface area contributed by atoms with Gasteiger partial charge in [0.05, 0.1) is 20.3 Å². The highest BCUT2D eigenvalue weighted by Gasteiger charge is 2.26. The average molecular weight is 349 g/mol. The van der Waals surface area contributed by atoms with Gasteiger partial charge in [-0.05, 0) is 36.5 Å². The molecule has 2 rings (SSSR count). The zero-order valence-corrected chi connectivity index (χ0v) is 15.7. The number of ether oxygens (including phenoxy) is 2. The van der Waals surface area contributed by atoms with E-state index in [0.29, 0.717) is 12.3 Å². The van der Waals surface area contributed by atoms with Crippen molar-refractivity contribution in [3.63, 3.8) is 0 Å². The maximum absolute atomic E-state index is 12.2. The number of likely N-dealkylation sites (tertiary alicyclic amines) is 1.